The minimum atomic E-state index is -0.00133. The third-order valence-electron chi connectivity index (χ3n) is 3.66. The normalized spacial score (nSPS) is 18.5. The third kappa shape index (κ3) is 2.91. The summed E-state index contributed by atoms with van der Waals surface area (Å²) in [5.41, 5.74) is 3.32. The minimum absolute atomic E-state index is 0.00133. The van der Waals surface area contributed by atoms with Crippen LogP contribution in [0, 0.1) is 0 Å². The molecule has 0 unspecified atom stereocenters. The van der Waals surface area contributed by atoms with Gasteiger partial charge in [0, 0.05) is 25.0 Å². The van der Waals surface area contributed by atoms with Crippen LogP contribution < -0.4 is 10.1 Å². The molecule has 0 aliphatic carbocycles. The van der Waals surface area contributed by atoms with Gasteiger partial charge < -0.3 is 15.0 Å². The van der Waals surface area contributed by atoms with Crippen LogP contribution in [0.15, 0.2) is 35.2 Å². The second kappa shape index (κ2) is 6.24. The van der Waals surface area contributed by atoms with E-state index in [1.807, 2.05) is 29.2 Å². The number of nitrogens with zero attached hydrogens (tertiary/aromatic N) is 2. The summed E-state index contributed by atoms with van der Waals surface area (Å²) in [5.74, 6) is 0.818. The van der Waals surface area contributed by atoms with E-state index in [0.29, 0.717) is 12.2 Å². The number of piperazine rings is 1. The molecule has 21 heavy (non-hydrogen) atoms. The highest BCUT2D eigenvalue weighted by Crippen LogP contribution is 2.25. The number of nitrogens with one attached hydrogen (secondary N) is 1. The molecule has 0 spiro atoms. The molecule has 0 bridgehead atoms. The van der Waals surface area contributed by atoms with Crippen LogP contribution in [0.4, 0.5) is 0 Å². The first-order valence-electron chi connectivity index (χ1n) is 6.83. The number of aromatic nitrogens is 1. The van der Waals surface area contributed by atoms with Crippen molar-refractivity contribution in [3.8, 4) is 5.75 Å². The first-order valence-corrected chi connectivity index (χ1v) is 7.77. The van der Waals surface area contributed by atoms with E-state index in [-0.39, 0.29) is 11.9 Å². The Morgan fingerprint density at radius 3 is 2.90 bits per heavy atom. The Morgan fingerprint density at radius 1 is 1.43 bits per heavy atom. The van der Waals surface area contributed by atoms with Crippen LogP contribution >= 0.6 is 11.3 Å². The number of amides is 1. The zero-order valence-electron chi connectivity index (χ0n) is 11.8. The molecule has 1 N–H and O–H groups in total. The van der Waals surface area contributed by atoms with E-state index in [2.05, 4.69) is 10.3 Å². The van der Waals surface area contributed by atoms with E-state index in [4.69, 9.17) is 4.74 Å². The van der Waals surface area contributed by atoms with Gasteiger partial charge in [-0.05, 0) is 17.7 Å². The van der Waals surface area contributed by atoms with Crippen molar-refractivity contribution in [3.05, 3.63) is 46.4 Å². The van der Waals surface area contributed by atoms with Crippen molar-refractivity contribution in [1.29, 1.82) is 0 Å². The number of thiazole rings is 1. The lowest BCUT2D eigenvalue weighted by molar-refractivity contribution is 0.0629. The number of benzene rings is 1. The molecule has 1 aliphatic heterocycles. The third-order valence-corrected chi connectivity index (χ3v) is 4.24. The van der Waals surface area contributed by atoms with Gasteiger partial charge in [0.25, 0.3) is 5.91 Å². The molecule has 1 atom stereocenters. The van der Waals surface area contributed by atoms with Gasteiger partial charge in [-0.2, -0.15) is 0 Å². The highest BCUT2D eigenvalue weighted by molar-refractivity contribution is 7.07. The fourth-order valence-electron chi connectivity index (χ4n) is 2.54. The van der Waals surface area contributed by atoms with Gasteiger partial charge in [-0.15, -0.1) is 11.3 Å². The van der Waals surface area contributed by atoms with Crippen molar-refractivity contribution in [2.24, 2.45) is 0 Å². The molecule has 2 heterocycles. The van der Waals surface area contributed by atoms with E-state index in [1.165, 1.54) is 11.3 Å². The lowest BCUT2D eigenvalue weighted by atomic mass is 10.0. The summed E-state index contributed by atoms with van der Waals surface area (Å²) < 4.78 is 5.18. The fraction of sp³-hybridized carbons (Fsp3) is 0.333. The van der Waals surface area contributed by atoms with Crippen LogP contribution in [-0.4, -0.2) is 42.5 Å². The summed E-state index contributed by atoms with van der Waals surface area (Å²) in [6.07, 6.45) is 0. The molecular weight excluding hydrogens is 286 g/mol. The van der Waals surface area contributed by atoms with Gasteiger partial charge in [-0.3, -0.25) is 4.79 Å². The van der Waals surface area contributed by atoms with E-state index in [0.717, 1.165) is 24.4 Å². The van der Waals surface area contributed by atoms with Crippen molar-refractivity contribution in [2.45, 2.75) is 6.04 Å². The molecule has 1 aliphatic rings. The van der Waals surface area contributed by atoms with Crippen molar-refractivity contribution < 1.29 is 9.53 Å². The predicted octanol–water partition coefficient (Wildman–Crippen LogP) is 1.94. The lowest BCUT2D eigenvalue weighted by Gasteiger charge is -2.36. The number of carbonyl (C=O) groups excluding carboxylic acids is 1. The maximum Gasteiger partial charge on any atom is 0.273 e. The summed E-state index contributed by atoms with van der Waals surface area (Å²) in [7, 11) is 1.65. The molecule has 1 saturated heterocycles. The van der Waals surface area contributed by atoms with Crippen LogP contribution in [0.5, 0.6) is 5.75 Å². The molecule has 6 heteroatoms. The van der Waals surface area contributed by atoms with Gasteiger partial charge >= 0.3 is 0 Å². The van der Waals surface area contributed by atoms with Gasteiger partial charge in [-0.25, -0.2) is 4.98 Å². The highest BCUT2D eigenvalue weighted by atomic mass is 32.1. The molecule has 0 radical (unpaired) electrons. The molecule has 0 saturated carbocycles. The van der Waals surface area contributed by atoms with Crippen molar-refractivity contribution in [3.63, 3.8) is 0 Å². The standard InChI is InChI=1S/C15H17N3O2S/c1-20-12-4-2-11(3-5-12)14-8-16-6-7-18(14)15(19)13-9-21-10-17-13/h2-5,9-10,14,16H,6-8H2,1H3/t14-/m0/s1. The summed E-state index contributed by atoms with van der Waals surface area (Å²) in [6, 6.07) is 7.90. The van der Waals surface area contributed by atoms with Crippen molar-refractivity contribution in [2.75, 3.05) is 26.7 Å². The largest absolute Gasteiger partial charge is 0.497 e. The van der Waals surface area contributed by atoms with E-state index >= 15 is 0 Å². The number of rotatable bonds is 3. The Kier molecular flexibility index (Phi) is 4.17. The Balaban J connectivity index is 1.85. The smallest absolute Gasteiger partial charge is 0.273 e. The second-order valence-electron chi connectivity index (χ2n) is 4.87. The molecule has 1 aromatic carbocycles. The number of ether oxygens (including phenoxy) is 1. The number of carbonyl (C=O) groups is 1. The summed E-state index contributed by atoms with van der Waals surface area (Å²) in [5, 5.41) is 5.15. The summed E-state index contributed by atoms with van der Waals surface area (Å²) >= 11 is 1.44. The second-order valence-corrected chi connectivity index (χ2v) is 5.58. The quantitative estimate of drug-likeness (QED) is 0.941. The average molecular weight is 303 g/mol. The van der Waals surface area contributed by atoms with Crippen LogP contribution in [-0.2, 0) is 0 Å². The van der Waals surface area contributed by atoms with E-state index < -0.39 is 0 Å². The van der Waals surface area contributed by atoms with Crippen molar-refractivity contribution in [1.82, 2.24) is 15.2 Å². The number of hydrogen-bond acceptors (Lipinski definition) is 5. The molecule has 3 rings (SSSR count). The maximum atomic E-state index is 12.6. The van der Waals surface area contributed by atoms with E-state index in [9.17, 15) is 4.79 Å². The first-order chi connectivity index (χ1) is 10.3. The van der Waals surface area contributed by atoms with Gasteiger partial charge in [0.15, 0.2) is 0 Å². The molecule has 1 fully saturated rings. The van der Waals surface area contributed by atoms with Gasteiger partial charge in [0.05, 0.1) is 18.7 Å². The van der Waals surface area contributed by atoms with Gasteiger partial charge in [0.1, 0.15) is 11.4 Å². The maximum absolute atomic E-state index is 12.6. The molecular formula is C15H17N3O2S. The topological polar surface area (TPSA) is 54.5 Å². The van der Waals surface area contributed by atoms with E-state index in [1.54, 1.807) is 18.0 Å². The lowest BCUT2D eigenvalue weighted by Crippen LogP contribution is -2.48. The molecule has 110 valence electrons. The first kappa shape index (κ1) is 14.0. The van der Waals surface area contributed by atoms with Crippen LogP contribution in [0.2, 0.25) is 0 Å². The zero-order chi connectivity index (χ0) is 14.7. The summed E-state index contributed by atoms with van der Waals surface area (Å²) in [6.45, 7) is 2.25. The fourth-order valence-corrected chi connectivity index (χ4v) is 3.06. The van der Waals surface area contributed by atoms with Crippen LogP contribution in [0.1, 0.15) is 22.1 Å². The molecule has 2 aromatic rings. The molecule has 5 nitrogen and oxygen atoms in total. The summed E-state index contributed by atoms with van der Waals surface area (Å²) in [4.78, 5) is 18.6. The SMILES string of the molecule is COc1ccc([C@@H]2CNCCN2C(=O)c2cscn2)cc1. The number of methoxy groups -OCH3 is 1. The van der Waals surface area contributed by atoms with Crippen LogP contribution in [0.25, 0.3) is 0 Å². The Hall–Kier alpha value is -1.92. The average Bonchev–Trinajstić information content (AvgIpc) is 3.09. The van der Waals surface area contributed by atoms with Gasteiger partial charge in [0.2, 0.25) is 0 Å². The highest BCUT2D eigenvalue weighted by Gasteiger charge is 2.29. The minimum Gasteiger partial charge on any atom is -0.497 e. The zero-order valence-corrected chi connectivity index (χ0v) is 12.6. The number of hydrogen-bond donors (Lipinski definition) is 1. The van der Waals surface area contributed by atoms with Crippen molar-refractivity contribution >= 4 is 17.2 Å². The molecule has 1 amide bonds. The predicted molar refractivity (Wildman–Crippen MR) is 81.8 cm³/mol. The van der Waals surface area contributed by atoms with Crippen LogP contribution in [0.3, 0.4) is 0 Å². The van der Waals surface area contributed by atoms with Gasteiger partial charge in [-0.1, -0.05) is 12.1 Å². The Bertz CT molecular complexity index is 598. The monoisotopic (exact) mass is 303 g/mol. The molecule has 1 aromatic heterocycles. The Morgan fingerprint density at radius 2 is 2.24 bits per heavy atom. The Labute approximate surface area is 127 Å².